The highest BCUT2D eigenvalue weighted by Crippen LogP contribution is 2.11. The van der Waals surface area contributed by atoms with Crippen LogP contribution in [-0.2, 0) is 0 Å². The number of nitrogens with two attached hydrogens (primary N) is 1. The SMILES string of the molecule is CC(CN)CCCNC(=O)c1ccc2ccccc2n1. The maximum absolute atomic E-state index is 12.0. The summed E-state index contributed by atoms with van der Waals surface area (Å²) in [6.07, 6.45) is 1.97. The molecule has 1 unspecified atom stereocenters. The van der Waals surface area contributed by atoms with Gasteiger partial charge in [-0.15, -0.1) is 0 Å². The number of hydrogen-bond acceptors (Lipinski definition) is 3. The van der Waals surface area contributed by atoms with E-state index in [4.69, 9.17) is 5.73 Å². The predicted octanol–water partition coefficient (Wildman–Crippen LogP) is 2.34. The molecule has 0 aliphatic heterocycles. The van der Waals surface area contributed by atoms with Gasteiger partial charge < -0.3 is 11.1 Å². The number of aromatic nitrogens is 1. The van der Waals surface area contributed by atoms with Crippen molar-refractivity contribution in [3.05, 3.63) is 42.1 Å². The van der Waals surface area contributed by atoms with Crippen LogP contribution in [0.4, 0.5) is 0 Å². The molecular weight excluding hydrogens is 250 g/mol. The number of rotatable bonds is 6. The fraction of sp³-hybridized carbons (Fsp3) is 0.375. The minimum atomic E-state index is -0.115. The van der Waals surface area contributed by atoms with Gasteiger partial charge in [-0.1, -0.05) is 31.2 Å². The number of hydrogen-bond donors (Lipinski definition) is 2. The summed E-state index contributed by atoms with van der Waals surface area (Å²) in [5.74, 6) is 0.391. The molecule has 106 valence electrons. The molecule has 2 aromatic rings. The van der Waals surface area contributed by atoms with Crippen molar-refractivity contribution in [2.24, 2.45) is 11.7 Å². The van der Waals surface area contributed by atoms with Crippen LogP contribution in [0.25, 0.3) is 10.9 Å². The van der Waals surface area contributed by atoms with Gasteiger partial charge in [0.2, 0.25) is 0 Å². The molecule has 3 N–H and O–H groups in total. The van der Waals surface area contributed by atoms with E-state index in [9.17, 15) is 4.79 Å². The van der Waals surface area contributed by atoms with Gasteiger partial charge in [0.05, 0.1) is 5.52 Å². The van der Waals surface area contributed by atoms with E-state index in [2.05, 4.69) is 17.2 Å². The maximum Gasteiger partial charge on any atom is 0.269 e. The van der Waals surface area contributed by atoms with Crippen LogP contribution < -0.4 is 11.1 Å². The molecular formula is C16H21N3O. The van der Waals surface area contributed by atoms with Gasteiger partial charge in [-0.3, -0.25) is 4.79 Å². The molecule has 20 heavy (non-hydrogen) atoms. The van der Waals surface area contributed by atoms with Crippen LogP contribution in [0.15, 0.2) is 36.4 Å². The summed E-state index contributed by atoms with van der Waals surface area (Å²) in [5, 5.41) is 3.94. The number of para-hydroxylation sites is 1. The van der Waals surface area contributed by atoms with E-state index in [1.54, 1.807) is 6.07 Å². The van der Waals surface area contributed by atoms with E-state index >= 15 is 0 Å². The lowest BCUT2D eigenvalue weighted by Gasteiger charge is -2.09. The van der Waals surface area contributed by atoms with Crippen LogP contribution in [-0.4, -0.2) is 24.0 Å². The summed E-state index contributed by atoms with van der Waals surface area (Å²) in [7, 11) is 0. The van der Waals surface area contributed by atoms with Crippen LogP contribution in [0.2, 0.25) is 0 Å². The number of benzene rings is 1. The lowest BCUT2D eigenvalue weighted by molar-refractivity contribution is 0.0948. The summed E-state index contributed by atoms with van der Waals surface area (Å²) in [6.45, 7) is 3.48. The molecule has 1 aromatic carbocycles. The zero-order valence-electron chi connectivity index (χ0n) is 11.8. The van der Waals surface area contributed by atoms with Gasteiger partial charge in [0.1, 0.15) is 5.69 Å². The molecule has 4 heteroatoms. The van der Waals surface area contributed by atoms with E-state index < -0.39 is 0 Å². The quantitative estimate of drug-likeness (QED) is 0.792. The van der Waals surface area contributed by atoms with Crippen molar-refractivity contribution >= 4 is 16.8 Å². The molecule has 0 saturated heterocycles. The second kappa shape index (κ2) is 7.01. The third-order valence-electron chi connectivity index (χ3n) is 3.39. The van der Waals surface area contributed by atoms with Gasteiger partial charge in [-0.05, 0) is 37.4 Å². The van der Waals surface area contributed by atoms with Gasteiger partial charge in [-0.2, -0.15) is 0 Å². The summed E-state index contributed by atoms with van der Waals surface area (Å²) in [5.41, 5.74) is 6.87. The first-order valence-corrected chi connectivity index (χ1v) is 7.05. The summed E-state index contributed by atoms with van der Waals surface area (Å²) in [6, 6.07) is 11.5. The molecule has 0 radical (unpaired) electrons. The first-order valence-electron chi connectivity index (χ1n) is 7.05. The highest BCUT2D eigenvalue weighted by Gasteiger charge is 2.07. The summed E-state index contributed by atoms with van der Waals surface area (Å²) < 4.78 is 0. The lowest BCUT2D eigenvalue weighted by atomic mass is 10.1. The second-order valence-corrected chi connectivity index (χ2v) is 5.13. The molecule has 1 amide bonds. The van der Waals surface area contributed by atoms with Crippen LogP contribution in [0.3, 0.4) is 0 Å². The zero-order chi connectivity index (χ0) is 14.4. The average molecular weight is 271 g/mol. The predicted molar refractivity (Wildman–Crippen MR) is 81.5 cm³/mol. The number of nitrogens with one attached hydrogen (secondary N) is 1. The van der Waals surface area contributed by atoms with Crippen molar-refractivity contribution in [1.29, 1.82) is 0 Å². The molecule has 2 rings (SSSR count). The largest absolute Gasteiger partial charge is 0.351 e. The molecule has 0 aliphatic carbocycles. The van der Waals surface area contributed by atoms with Gasteiger partial charge in [0.25, 0.3) is 5.91 Å². The number of nitrogens with zero attached hydrogens (tertiary/aromatic N) is 1. The minimum absolute atomic E-state index is 0.115. The van der Waals surface area contributed by atoms with E-state index in [0.717, 1.165) is 23.7 Å². The molecule has 0 spiro atoms. The van der Waals surface area contributed by atoms with Gasteiger partial charge >= 0.3 is 0 Å². The van der Waals surface area contributed by atoms with Crippen LogP contribution in [0.1, 0.15) is 30.3 Å². The Labute approximate surface area is 119 Å². The average Bonchev–Trinajstić information content (AvgIpc) is 2.50. The van der Waals surface area contributed by atoms with Crippen LogP contribution in [0, 0.1) is 5.92 Å². The van der Waals surface area contributed by atoms with E-state index in [0.29, 0.717) is 24.7 Å². The fourth-order valence-electron chi connectivity index (χ4n) is 2.05. The number of carbonyl (C=O) groups is 1. The third-order valence-corrected chi connectivity index (χ3v) is 3.39. The Bertz CT molecular complexity index is 583. The van der Waals surface area contributed by atoms with Crippen LogP contribution in [0.5, 0.6) is 0 Å². The molecule has 0 bridgehead atoms. The van der Waals surface area contributed by atoms with Crippen molar-refractivity contribution in [3.63, 3.8) is 0 Å². The minimum Gasteiger partial charge on any atom is -0.351 e. The Hall–Kier alpha value is -1.94. The standard InChI is InChI=1S/C16H21N3O/c1-12(11-17)5-4-10-18-16(20)15-9-8-13-6-2-3-7-14(13)19-15/h2-3,6-9,12H,4-5,10-11,17H2,1H3,(H,18,20). The number of carbonyl (C=O) groups excluding carboxylic acids is 1. The van der Waals surface area contributed by atoms with E-state index in [-0.39, 0.29) is 5.91 Å². The molecule has 0 aliphatic rings. The highest BCUT2D eigenvalue weighted by molar-refractivity contribution is 5.94. The first-order chi connectivity index (χ1) is 9.70. The Kier molecular flexibility index (Phi) is 5.07. The van der Waals surface area contributed by atoms with Crippen molar-refractivity contribution in [2.45, 2.75) is 19.8 Å². The third kappa shape index (κ3) is 3.78. The van der Waals surface area contributed by atoms with Crippen LogP contribution >= 0.6 is 0 Å². The molecule has 1 heterocycles. The molecule has 0 fully saturated rings. The van der Waals surface area contributed by atoms with E-state index in [1.165, 1.54) is 0 Å². The Balaban J connectivity index is 1.91. The monoisotopic (exact) mass is 271 g/mol. The number of pyridine rings is 1. The molecule has 0 saturated carbocycles. The molecule has 1 atom stereocenters. The highest BCUT2D eigenvalue weighted by atomic mass is 16.1. The van der Waals surface area contributed by atoms with Crippen molar-refractivity contribution in [3.8, 4) is 0 Å². The van der Waals surface area contributed by atoms with Crippen molar-refractivity contribution in [1.82, 2.24) is 10.3 Å². The Morgan fingerprint density at radius 3 is 2.90 bits per heavy atom. The second-order valence-electron chi connectivity index (χ2n) is 5.13. The van der Waals surface area contributed by atoms with Gasteiger partial charge in [0.15, 0.2) is 0 Å². The number of amides is 1. The van der Waals surface area contributed by atoms with Crippen molar-refractivity contribution < 1.29 is 4.79 Å². The smallest absolute Gasteiger partial charge is 0.269 e. The fourth-order valence-corrected chi connectivity index (χ4v) is 2.05. The molecule has 4 nitrogen and oxygen atoms in total. The molecule has 1 aromatic heterocycles. The Morgan fingerprint density at radius 1 is 1.30 bits per heavy atom. The topological polar surface area (TPSA) is 68.0 Å². The van der Waals surface area contributed by atoms with Crippen molar-refractivity contribution in [2.75, 3.05) is 13.1 Å². The van der Waals surface area contributed by atoms with Gasteiger partial charge in [0, 0.05) is 11.9 Å². The van der Waals surface area contributed by atoms with E-state index in [1.807, 2.05) is 30.3 Å². The number of fused-ring (bicyclic) bond motifs is 1. The Morgan fingerprint density at radius 2 is 2.10 bits per heavy atom. The zero-order valence-corrected chi connectivity index (χ0v) is 11.8. The summed E-state index contributed by atoms with van der Waals surface area (Å²) in [4.78, 5) is 16.4. The normalized spacial score (nSPS) is 12.3. The lowest BCUT2D eigenvalue weighted by Crippen LogP contribution is -2.26. The van der Waals surface area contributed by atoms with Gasteiger partial charge in [-0.25, -0.2) is 4.98 Å². The maximum atomic E-state index is 12.0. The first kappa shape index (κ1) is 14.5. The summed E-state index contributed by atoms with van der Waals surface area (Å²) >= 11 is 0.